The third-order valence-corrected chi connectivity index (χ3v) is 4.92. The van der Waals surface area contributed by atoms with Crippen molar-refractivity contribution < 1.29 is 4.79 Å². The smallest absolute Gasteiger partial charge is 0.230 e. The molecule has 2 rings (SSSR count). The van der Waals surface area contributed by atoms with Crippen LogP contribution >= 0.6 is 24.0 Å². The summed E-state index contributed by atoms with van der Waals surface area (Å²) in [7, 11) is 0. The van der Waals surface area contributed by atoms with Crippen LogP contribution in [0.4, 0.5) is 0 Å². The molecule has 5 heteroatoms. The first-order valence-electron chi connectivity index (χ1n) is 7.90. The van der Waals surface area contributed by atoms with Crippen molar-refractivity contribution in [3.8, 4) is 0 Å². The third-order valence-electron chi connectivity index (χ3n) is 4.67. The predicted molar refractivity (Wildman–Crippen MR) is 95.0 cm³/mol. The Balaban J connectivity index is 0.00000242. The summed E-state index contributed by atoms with van der Waals surface area (Å²) in [6.45, 7) is 6.08. The molecule has 3 nitrogen and oxygen atoms in total. The Kier molecular flexibility index (Phi) is 7.67. The molecule has 0 saturated carbocycles. The Morgan fingerprint density at radius 2 is 1.95 bits per heavy atom. The fourth-order valence-corrected chi connectivity index (χ4v) is 3.30. The van der Waals surface area contributed by atoms with Crippen molar-refractivity contribution in [2.75, 3.05) is 13.1 Å². The number of amides is 1. The van der Waals surface area contributed by atoms with Gasteiger partial charge in [0, 0.05) is 17.6 Å². The third kappa shape index (κ3) is 4.15. The van der Waals surface area contributed by atoms with Gasteiger partial charge in [-0.3, -0.25) is 4.79 Å². The van der Waals surface area contributed by atoms with Gasteiger partial charge in [0.1, 0.15) is 0 Å². The van der Waals surface area contributed by atoms with Crippen LogP contribution in [0.25, 0.3) is 0 Å². The van der Waals surface area contributed by atoms with Crippen LogP contribution in [0.5, 0.6) is 0 Å². The van der Waals surface area contributed by atoms with E-state index in [1.165, 1.54) is 0 Å². The maximum Gasteiger partial charge on any atom is 0.230 e. The number of benzene rings is 1. The lowest BCUT2D eigenvalue weighted by Gasteiger charge is -2.34. The zero-order chi connectivity index (χ0) is 15.3. The van der Waals surface area contributed by atoms with E-state index in [1.54, 1.807) is 0 Å². The molecule has 1 aliphatic heterocycles. The lowest BCUT2D eigenvalue weighted by molar-refractivity contribution is -0.128. The molecule has 1 aromatic rings. The molecule has 1 aliphatic rings. The number of nitrogens with one attached hydrogen (secondary N) is 2. The average molecular weight is 345 g/mol. The number of rotatable bonds is 5. The zero-order valence-corrected chi connectivity index (χ0v) is 14.9. The molecule has 0 bridgehead atoms. The van der Waals surface area contributed by atoms with Crippen molar-refractivity contribution in [2.45, 2.75) is 51.0 Å². The molecule has 22 heavy (non-hydrogen) atoms. The van der Waals surface area contributed by atoms with Gasteiger partial charge in [0.15, 0.2) is 0 Å². The molecule has 1 unspecified atom stereocenters. The second kappa shape index (κ2) is 8.76. The standard InChI is InChI=1S/C17H25ClN2O.ClH/c1-3-17(4-2,13-7-9-14(18)10-8-13)16(21)20-15-6-5-11-19-12-15;/h7-10,15,19H,3-6,11-12H2,1-2H3,(H,20,21);1H. The van der Waals surface area contributed by atoms with E-state index in [-0.39, 0.29) is 24.4 Å². The second-order valence-corrected chi connectivity index (χ2v) is 6.25. The van der Waals surface area contributed by atoms with Crippen molar-refractivity contribution in [2.24, 2.45) is 0 Å². The fraction of sp³-hybridized carbons (Fsp3) is 0.588. The molecule has 0 aromatic heterocycles. The molecule has 1 fully saturated rings. The van der Waals surface area contributed by atoms with E-state index >= 15 is 0 Å². The minimum Gasteiger partial charge on any atom is -0.351 e. The first-order valence-corrected chi connectivity index (χ1v) is 8.28. The molecule has 1 heterocycles. The number of hydrogen-bond donors (Lipinski definition) is 2. The van der Waals surface area contributed by atoms with Gasteiger partial charge in [0.25, 0.3) is 0 Å². The lowest BCUT2D eigenvalue weighted by atomic mass is 9.75. The van der Waals surface area contributed by atoms with Crippen LogP contribution in [0, 0.1) is 0 Å². The lowest BCUT2D eigenvalue weighted by Crippen LogP contribution is -2.52. The summed E-state index contributed by atoms with van der Waals surface area (Å²) in [5.41, 5.74) is 0.598. The molecule has 0 spiro atoms. The van der Waals surface area contributed by atoms with Gasteiger partial charge in [0.2, 0.25) is 5.91 Å². The first-order chi connectivity index (χ1) is 10.1. The topological polar surface area (TPSA) is 41.1 Å². The highest BCUT2D eigenvalue weighted by atomic mass is 35.5. The van der Waals surface area contributed by atoms with Gasteiger partial charge in [-0.1, -0.05) is 37.6 Å². The highest BCUT2D eigenvalue weighted by molar-refractivity contribution is 6.30. The highest BCUT2D eigenvalue weighted by Gasteiger charge is 2.37. The molecule has 1 amide bonds. The molecule has 1 aromatic carbocycles. The largest absolute Gasteiger partial charge is 0.351 e. The Hall–Kier alpha value is -0.770. The molecular weight excluding hydrogens is 319 g/mol. The van der Waals surface area contributed by atoms with Gasteiger partial charge in [-0.25, -0.2) is 0 Å². The number of hydrogen-bond acceptors (Lipinski definition) is 2. The van der Waals surface area contributed by atoms with E-state index in [0.717, 1.165) is 44.3 Å². The van der Waals surface area contributed by atoms with Crippen molar-refractivity contribution in [1.82, 2.24) is 10.6 Å². The highest BCUT2D eigenvalue weighted by Crippen LogP contribution is 2.33. The van der Waals surface area contributed by atoms with E-state index in [9.17, 15) is 4.79 Å². The Bertz CT molecular complexity index is 466. The van der Waals surface area contributed by atoms with Gasteiger partial charge in [-0.15, -0.1) is 12.4 Å². The maximum absolute atomic E-state index is 12.9. The Morgan fingerprint density at radius 1 is 1.32 bits per heavy atom. The van der Waals surface area contributed by atoms with E-state index in [0.29, 0.717) is 5.02 Å². The minimum atomic E-state index is -0.456. The molecule has 0 aliphatic carbocycles. The van der Waals surface area contributed by atoms with Crippen molar-refractivity contribution in [1.29, 1.82) is 0 Å². The number of carbonyl (C=O) groups excluding carboxylic acids is 1. The van der Waals surface area contributed by atoms with Gasteiger partial charge >= 0.3 is 0 Å². The monoisotopic (exact) mass is 344 g/mol. The van der Waals surface area contributed by atoms with E-state index in [2.05, 4.69) is 24.5 Å². The summed E-state index contributed by atoms with van der Waals surface area (Å²) in [5, 5.41) is 7.29. The van der Waals surface area contributed by atoms with Gasteiger partial charge in [-0.05, 0) is 49.9 Å². The summed E-state index contributed by atoms with van der Waals surface area (Å²) in [6.07, 6.45) is 3.76. The predicted octanol–water partition coefficient (Wildman–Crippen LogP) is 3.69. The van der Waals surface area contributed by atoms with Crippen molar-refractivity contribution >= 4 is 29.9 Å². The summed E-state index contributed by atoms with van der Waals surface area (Å²) in [6, 6.07) is 7.94. The van der Waals surface area contributed by atoms with Crippen LogP contribution in [-0.2, 0) is 10.2 Å². The van der Waals surface area contributed by atoms with Crippen LogP contribution < -0.4 is 10.6 Å². The SMILES string of the molecule is CCC(CC)(C(=O)NC1CCCNC1)c1ccc(Cl)cc1.Cl. The average Bonchev–Trinajstić information content (AvgIpc) is 2.52. The first kappa shape index (κ1) is 19.3. The van der Waals surface area contributed by atoms with Crippen molar-refractivity contribution in [3.05, 3.63) is 34.9 Å². The molecular formula is C17H26Cl2N2O. The Morgan fingerprint density at radius 3 is 2.45 bits per heavy atom. The van der Waals surface area contributed by atoms with E-state index in [1.807, 2.05) is 24.3 Å². The van der Waals surface area contributed by atoms with Gasteiger partial charge in [0.05, 0.1) is 5.41 Å². The zero-order valence-electron chi connectivity index (χ0n) is 13.3. The molecule has 1 saturated heterocycles. The van der Waals surface area contributed by atoms with E-state index < -0.39 is 5.41 Å². The van der Waals surface area contributed by atoms with E-state index in [4.69, 9.17) is 11.6 Å². The van der Waals surface area contributed by atoms with Crippen LogP contribution in [0.2, 0.25) is 5.02 Å². The minimum absolute atomic E-state index is 0. The molecule has 2 N–H and O–H groups in total. The quantitative estimate of drug-likeness (QED) is 0.855. The summed E-state index contributed by atoms with van der Waals surface area (Å²) < 4.78 is 0. The van der Waals surface area contributed by atoms with Crippen LogP contribution in [0.15, 0.2) is 24.3 Å². The van der Waals surface area contributed by atoms with Gasteiger partial charge < -0.3 is 10.6 Å². The number of piperidine rings is 1. The summed E-state index contributed by atoms with van der Waals surface area (Å²) >= 11 is 5.97. The summed E-state index contributed by atoms with van der Waals surface area (Å²) in [4.78, 5) is 12.9. The summed E-state index contributed by atoms with van der Waals surface area (Å²) in [5.74, 6) is 0.142. The Labute approximate surface area is 144 Å². The molecule has 1 atom stereocenters. The maximum atomic E-state index is 12.9. The van der Waals surface area contributed by atoms with Crippen molar-refractivity contribution in [3.63, 3.8) is 0 Å². The van der Waals surface area contributed by atoms with Gasteiger partial charge in [-0.2, -0.15) is 0 Å². The molecule has 124 valence electrons. The normalized spacial score (nSPS) is 18.4. The van der Waals surface area contributed by atoms with Crippen LogP contribution in [-0.4, -0.2) is 25.0 Å². The number of carbonyl (C=O) groups is 1. The van der Waals surface area contributed by atoms with Crippen LogP contribution in [0.3, 0.4) is 0 Å². The number of halogens is 2. The molecule has 0 radical (unpaired) electrons. The fourth-order valence-electron chi connectivity index (χ4n) is 3.18. The second-order valence-electron chi connectivity index (χ2n) is 5.81. The van der Waals surface area contributed by atoms with Crippen LogP contribution in [0.1, 0.15) is 45.1 Å².